The van der Waals surface area contributed by atoms with Crippen LogP contribution in [0.25, 0.3) is 0 Å². The third-order valence-corrected chi connectivity index (χ3v) is 4.42. The second kappa shape index (κ2) is 6.34. The van der Waals surface area contributed by atoms with Crippen LogP contribution >= 0.6 is 22.9 Å². The number of carbonyl (C=O) groups excluding carboxylic acids is 1. The van der Waals surface area contributed by atoms with Gasteiger partial charge in [-0.25, -0.2) is 4.68 Å². The van der Waals surface area contributed by atoms with E-state index < -0.39 is 0 Å². The standard InChI is InChI=1S/C16H14ClN3OS/c1-11-2-7-14(22-11)16(21)19-15-8-9-18-20(15)10-12-3-5-13(17)6-4-12/h2-9H,10H2,1H3,(H,19,21). The molecule has 0 bridgehead atoms. The molecule has 1 amide bonds. The van der Waals surface area contributed by atoms with Crippen molar-refractivity contribution >= 4 is 34.7 Å². The molecule has 3 rings (SSSR count). The molecule has 0 aliphatic carbocycles. The van der Waals surface area contributed by atoms with E-state index in [4.69, 9.17) is 11.6 Å². The summed E-state index contributed by atoms with van der Waals surface area (Å²) in [5.74, 6) is 0.557. The average molecular weight is 332 g/mol. The number of halogens is 1. The Labute approximate surface area is 137 Å². The van der Waals surface area contributed by atoms with Gasteiger partial charge in [0, 0.05) is 16.0 Å². The Bertz CT molecular complexity index is 792. The van der Waals surface area contributed by atoms with Crippen LogP contribution in [-0.4, -0.2) is 15.7 Å². The fourth-order valence-corrected chi connectivity index (χ4v) is 2.95. The molecular weight excluding hydrogens is 318 g/mol. The molecule has 2 aromatic heterocycles. The topological polar surface area (TPSA) is 46.9 Å². The molecule has 0 saturated carbocycles. The maximum atomic E-state index is 12.2. The number of aryl methyl sites for hydroxylation is 1. The molecular formula is C16H14ClN3OS. The quantitative estimate of drug-likeness (QED) is 0.778. The van der Waals surface area contributed by atoms with E-state index in [1.54, 1.807) is 16.9 Å². The highest BCUT2D eigenvalue weighted by Crippen LogP contribution is 2.18. The molecule has 0 radical (unpaired) electrons. The lowest BCUT2D eigenvalue weighted by Gasteiger charge is -2.08. The van der Waals surface area contributed by atoms with Crippen molar-refractivity contribution in [2.45, 2.75) is 13.5 Å². The van der Waals surface area contributed by atoms with Gasteiger partial charge >= 0.3 is 0 Å². The summed E-state index contributed by atoms with van der Waals surface area (Å²) in [5, 5.41) is 7.86. The fraction of sp³-hybridized carbons (Fsp3) is 0.125. The highest BCUT2D eigenvalue weighted by Gasteiger charge is 2.11. The zero-order valence-electron chi connectivity index (χ0n) is 11.9. The first-order chi connectivity index (χ1) is 10.6. The SMILES string of the molecule is Cc1ccc(C(=O)Nc2ccnn2Cc2ccc(Cl)cc2)s1. The molecule has 4 nitrogen and oxygen atoms in total. The number of carbonyl (C=O) groups is 1. The van der Waals surface area contributed by atoms with E-state index in [9.17, 15) is 4.79 Å². The van der Waals surface area contributed by atoms with E-state index >= 15 is 0 Å². The second-order valence-electron chi connectivity index (χ2n) is 4.86. The molecule has 112 valence electrons. The monoisotopic (exact) mass is 331 g/mol. The summed E-state index contributed by atoms with van der Waals surface area (Å²) in [5.41, 5.74) is 1.07. The van der Waals surface area contributed by atoms with E-state index in [1.165, 1.54) is 11.3 Å². The molecule has 0 saturated heterocycles. The van der Waals surface area contributed by atoms with Crippen LogP contribution in [0.15, 0.2) is 48.7 Å². The molecule has 0 spiro atoms. The van der Waals surface area contributed by atoms with Crippen LogP contribution in [0.3, 0.4) is 0 Å². The summed E-state index contributed by atoms with van der Waals surface area (Å²) in [6.45, 7) is 2.55. The second-order valence-corrected chi connectivity index (χ2v) is 6.59. The van der Waals surface area contributed by atoms with Crippen molar-refractivity contribution in [1.29, 1.82) is 0 Å². The number of anilines is 1. The van der Waals surface area contributed by atoms with Crippen molar-refractivity contribution in [2.24, 2.45) is 0 Å². The zero-order chi connectivity index (χ0) is 15.5. The van der Waals surface area contributed by atoms with Crippen molar-refractivity contribution in [3.8, 4) is 0 Å². The van der Waals surface area contributed by atoms with Crippen LogP contribution in [0.4, 0.5) is 5.82 Å². The summed E-state index contributed by atoms with van der Waals surface area (Å²) in [6, 6.07) is 13.1. The Hall–Kier alpha value is -2.11. The maximum absolute atomic E-state index is 12.2. The van der Waals surface area contributed by atoms with Gasteiger partial charge in [-0.05, 0) is 36.8 Å². The van der Waals surface area contributed by atoms with Gasteiger partial charge in [-0.2, -0.15) is 5.10 Å². The van der Waals surface area contributed by atoms with Crippen molar-refractivity contribution in [2.75, 3.05) is 5.32 Å². The first-order valence-electron chi connectivity index (χ1n) is 6.76. The van der Waals surface area contributed by atoms with Crippen LogP contribution in [-0.2, 0) is 6.54 Å². The van der Waals surface area contributed by atoms with Gasteiger partial charge < -0.3 is 5.32 Å². The van der Waals surface area contributed by atoms with Gasteiger partial charge in [-0.15, -0.1) is 11.3 Å². The Kier molecular flexibility index (Phi) is 4.27. The fourth-order valence-electron chi connectivity index (χ4n) is 2.06. The normalized spacial score (nSPS) is 10.6. The Morgan fingerprint density at radius 1 is 1.23 bits per heavy atom. The van der Waals surface area contributed by atoms with Crippen molar-refractivity contribution in [3.05, 3.63) is 69.0 Å². The highest BCUT2D eigenvalue weighted by molar-refractivity contribution is 7.14. The van der Waals surface area contributed by atoms with Gasteiger partial charge in [0.2, 0.25) is 0 Å². The summed E-state index contributed by atoms with van der Waals surface area (Å²) in [7, 11) is 0. The number of hydrogen-bond acceptors (Lipinski definition) is 3. The predicted molar refractivity (Wildman–Crippen MR) is 89.8 cm³/mol. The largest absolute Gasteiger partial charge is 0.306 e. The van der Waals surface area contributed by atoms with Gasteiger partial charge in [0.1, 0.15) is 5.82 Å². The van der Waals surface area contributed by atoms with E-state index in [-0.39, 0.29) is 5.91 Å². The summed E-state index contributed by atoms with van der Waals surface area (Å²) < 4.78 is 1.75. The zero-order valence-corrected chi connectivity index (χ0v) is 13.5. The number of thiophene rings is 1. The molecule has 6 heteroatoms. The van der Waals surface area contributed by atoms with E-state index in [2.05, 4.69) is 10.4 Å². The molecule has 0 unspecified atom stereocenters. The van der Waals surface area contributed by atoms with Crippen molar-refractivity contribution < 1.29 is 4.79 Å². The van der Waals surface area contributed by atoms with E-state index in [0.29, 0.717) is 22.3 Å². The number of aromatic nitrogens is 2. The van der Waals surface area contributed by atoms with Gasteiger partial charge in [-0.1, -0.05) is 23.7 Å². The summed E-state index contributed by atoms with van der Waals surface area (Å²) in [6.07, 6.45) is 1.67. The van der Waals surface area contributed by atoms with Crippen molar-refractivity contribution in [1.82, 2.24) is 9.78 Å². The van der Waals surface area contributed by atoms with Crippen LogP contribution in [0, 0.1) is 6.92 Å². The molecule has 1 N–H and O–H groups in total. The smallest absolute Gasteiger partial charge is 0.266 e. The van der Waals surface area contributed by atoms with Gasteiger partial charge in [0.05, 0.1) is 17.6 Å². The van der Waals surface area contributed by atoms with Crippen molar-refractivity contribution in [3.63, 3.8) is 0 Å². The van der Waals surface area contributed by atoms with E-state index in [1.807, 2.05) is 43.3 Å². The van der Waals surface area contributed by atoms with Gasteiger partial charge in [-0.3, -0.25) is 4.79 Å². The number of rotatable bonds is 4. The van der Waals surface area contributed by atoms with Crippen LogP contribution in [0.1, 0.15) is 20.1 Å². The molecule has 1 aromatic carbocycles. The van der Waals surface area contributed by atoms with Gasteiger partial charge in [0.15, 0.2) is 0 Å². The average Bonchev–Trinajstić information content (AvgIpc) is 3.11. The minimum Gasteiger partial charge on any atom is -0.306 e. The minimum absolute atomic E-state index is 0.115. The minimum atomic E-state index is -0.115. The number of nitrogens with one attached hydrogen (secondary N) is 1. The van der Waals surface area contributed by atoms with Gasteiger partial charge in [0.25, 0.3) is 5.91 Å². The highest BCUT2D eigenvalue weighted by atomic mass is 35.5. The summed E-state index contributed by atoms with van der Waals surface area (Å²) >= 11 is 7.36. The molecule has 0 aliphatic rings. The lowest BCUT2D eigenvalue weighted by atomic mass is 10.2. The first kappa shape index (κ1) is 14.8. The van der Waals surface area contributed by atoms with Crippen LogP contribution in [0.5, 0.6) is 0 Å². The Balaban J connectivity index is 1.74. The first-order valence-corrected chi connectivity index (χ1v) is 7.95. The van der Waals surface area contributed by atoms with Crippen LogP contribution < -0.4 is 5.32 Å². The number of nitrogens with zero attached hydrogens (tertiary/aromatic N) is 2. The Morgan fingerprint density at radius 3 is 2.68 bits per heavy atom. The molecule has 3 aromatic rings. The predicted octanol–water partition coefficient (Wildman–Crippen LogP) is 4.21. The third-order valence-electron chi connectivity index (χ3n) is 3.17. The molecule has 0 aliphatic heterocycles. The Morgan fingerprint density at radius 2 is 2.00 bits per heavy atom. The van der Waals surface area contributed by atoms with Crippen LogP contribution in [0.2, 0.25) is 5.02 Å². The maximum Gasteiger partial charge on any atom is 0.266 e. The lowest BCUT2D eigenvalue weighted by molar-refractivity contribution is 0.102. The molecule has 0 fully saturated rings. The third kappa shape index (κ3) is 3.37. The number of benzene rings is 1. The molecule has 22 heavy (non-hydrogen) atoms. The number of amides is 1. The number of hydrogen-bond donors (Lipinski definition) is 1. The summed E-state index contributed by atoms with van der Waals surface area (Å²) in [4.78, 5) is 14.0. The molecule has 0 atom stereocenters. The lowest BCUT2D eigenvalue weighted by Crippen LogP contribution is -2.15. The molecule has 2 heterocycles. The van der Waals surface area contributed by atoms with E-state index in [0.717, 1.165) is 10.4 Å².